The van der Waals surface area contributed by atoms with Crippen molar-refractivity contribution in [3.8, 4) is 22.9 Å². The van der Waals surface area contributed by atoms with E-state index in [0.717, 1.165) is 38.4 Å². The highest BCUT2D eigenvalue weighted by Crippen LogP contribution is 2.32. The molecular formula is C30H36F2N4O3. The summed E-state index contributed by atoms with van der Waals surface area (Å²) in [5, 5.41) is 15.3. The minimum Gasteiger partial charge on any atom is -0.493 e. The molecule has 1 atom stereocenters. The maximum Gasteiger partial charge on any atom is 0.261 e. The van der Waals surface area contributed by atoms with Crippen LogP contribution in [0.25, 0.3) is 11.1 Å². The van der Waals surface area contributed by atoms with Gasteiger partial charge in [0.1, 0.15) is 17.2 Å². The Bertz CT molecular complexity index is 1250. The minimum atomic E-state index is -1.22. The molecule has 2 fully saturated rings. The first-order valence-electron chi connectivity index (χ1n) is 13.5. The normalized spacial score (nSPS) is 20.4. The molecule has 9 heteroatoms. The first-order chi connectivity index (χ1) is 18.5. The van der Waals surface area contributed by atoms with Crippen LogP contribution in [0.3, 0.4) is 0 Å². The molecule has 0 spiro atoms. The van der Waals surface area contributed by atoms with Crippen LogP contribution in [-0.4, -0.2) is 60.7 Å². The van der Waals surface area contributed by atoms with E-state index in [2.05, 4.69) is 21.6 Å². The zero-order valence-electron chi connectivity index (χ0n) is 22.8. The summed E-state index contributed by atoms with van der Waals surface area (Å²) in [5.41, 5.74) is -1.59. The van der Waals surface area contributed by atoms with Crippen molar-refractivity contribution >= 4 is 11.8 Å². The van der Waals surface area contributed by atoms with Crippen LogP contribution in [0.1, 0.15) is 62.4 Å². The minimum absolute atomic E-state index is 0.219. The molecule has 208 valence electrons. The van der Waals surface area contributed by atoms with E-state index in [9.17, 15) is 23.6 Å². The molecule has 0 aliphatic carbocycles. The van der Waals surface area contributed by atoms with Gasteiger partial charge >= 0.3 is 0 Å². The highest BCUT2D eigenvalue weighted by Gasteiger charge is 2.37. The summed E-state index contributed by atoms with van der Waals surface area (Å²) in [4.78, 5) is 28.0. The third kappa shape index (κ3) is 7.00. The summed E-state index contributed by atoms with van der Waals surface area (Å²) in [7, 11) is 0. The van der Waals surface area contributed by atoms with Gasteiger partial charge in [0.25, 0.3) is 5.91 Å². The van der Waals surface area contributed by atoms with Crippen LogP contribution in [0, 0.1) is 23.1 Å². The molecule has 0 bridgehead atoms. The fourth-order valence-corrected chi connectivity index (χ4v) is 5.37. The molecule has 2 aliphatic heterocycles. The number of hydrogen-bond acceptors (Lipinski definition) is 6. The smallest absolute Gasteiger partial charge is 0.261 e. The van der Waals surface area contributed by atoms with Crippen molar-refractivity contribution in [2.45, 2.75) is 57.7 Å². The largest absolute Gasteiger partial charge is 0.493 e. The number of nitrogens with one attached hydrogen (secondary N) is 2. The predicted molar refractivity (Wildman–Crippen MR) is 145 cm³/mol. The number of alkyl halides is 1. The van der Waals surface area contributed by atoms with E-state index in [-0.39, 0.29) is 16.7 Å². The van der Waals surface area contributed by atoms with Gasteiger partial charge in [-0.05, 0) is 102 Å². The van der Waals surface area contributed by atoms with Crippen molar-refractivity contribution in [2.75, 3.05) is 32.8 Å². The molecular weight excluding hydrogens is 502 g/mol. The highest BCUT2D eigenvalue weighted by molar-refractivity contribution is 6.10. The number of carbonyl (C=O) groups is 2. The molecule has 2 aliphatic rings. The SMILES string of the molecule is CC(C)(F)CN1CCC(COc2ccc(-c3cccc(F)c3C(=O)NC(=O)[C@]3(C)CCCN3)c(C#N)c2)CC1. The summed E-state index contributed by atoms with van der Waals surface area (Å²) in [6, 6.07) is 11.2. The van der Waals surface area contributed by atoms with Crippen LogP contribution >= 0.6 is 0 Å². The highest BCUT2D eigenvalue weighted by atomic mass is 19.1. The summed E-state index contributed by atoms with van der Waals surface area (Å²) in [6.07, 6.45) is 3.17. The fourth-order valence-electron chi connectivity index (χ4n) is 5.37. The standard InChI is InChI=1S/C30H36F2N4O3/c1-29(2,32)19-36-14-10-20(11-15-36)18-39-22-8-9-23(21(16-22)17-33)24-6-4-7-25(31)26(24)27(37)35-28(38)30(3)12-5-13-34-30/h4,6-9,16,20,34H,5,10-15,18-19H2,1-3H3,(H,35,37,38)/t30-/m0/s1. The number of nitrogens with zero attached hydrogens (tertiary/aromatic N) is 2. The molecule has 0 saturated carbocycles. The molecule has 2 amide bonds. The van der Waals surface area contributed by atoms with Crippen LogP contribution in [0.5, 0.6) is 5.75 Å². The van der Waals surface area contributed by atoms with Crippen LogP contribution in [0.2, 0.25) is 0 Å². The number of hydrogen-bond donors (Lipinski definition) is 2. The Morgan fingerprint density at radius 1 is 1.23 bits per heavy atom. The second-order valence-corrected chi connectivity index (χ2v) is 11.4. The van der Waals surface area contributed by atoms with Crippen molar-refractivity contribution in [1.82, 2.24) is 15.5 Å². The van der Waals surface area contributed by atoms with Gasteiger partial charge in [-0.25, -0.2) is 8.78 Å². The maximum atomic E-state index is 14.9. The van der Waals surface area contributed by atoms with E-state index < -0.39 is 28.8 Å². The molecule has 2 heterocycles. The second kappa shape index (κ2) is 11.8. The Labute approximate surface area is 228 Å². The molecule has 0 radical (unpaired) electrons. The lowest BCUT2D eigenvalue weighted by Gasteiger charge is -2.34. The van der Waals surface area contributed by atoms with Gasteiger partial charge in [0.2, 0.25) is 5.91 Å². The van der Waals surface area contributed by atoms with Crippen molar-refractivity contribution < 1.29 is 23.1 Å². The van der Waals surface area contributed by atoms with Gasteiger partial charge in [0, 0.05) is 12.1 Å². The van der Waals surface area contributed by atoms with E-state index in [0.29, 0.717) is 43.3 Å². The fraction of sp³-hybridized carbons (Fsp3) is 0.500. The molecule has 0 unspecified atom stereocenters. The van der Waals surface area contributed by atoms with Gasteiger partial charge < -0.3 is 15.0 Å². The van der Waals surface area contributed by atoms with E-state index in [1.807, 2.05) is 0 Å². The number of piperidine rings is 1. The van der Waals surface area contributed by atoms with Crippen LogP contribution in [0.15, 0.2) is 36.4 Å². The van der Waals surface area contributed by atoms with Crippen molar-refractivity contribution in [3.63, 3.8) is 0 Å². The molecule has 4 rings (SSSR count). The van der Waals surface area contributed by atoms with Gasteiger partial charge in [0.15, 0.2) is 0 Å². The average molecular weight is 539 g/mol. The zero-order valence-corrected chi connectivity index (χ0v) is 22.8. The monoisotopic (exact) mass is 538 g/mol. The van der Waals surface area contributed by atoms with Crippen molar-refractivity contribution in [1.29, 1.82) is 5.26 Å². The van der Waals surface area contributed by atoms with Crippen LogP contribution in [-0.2, 0) is 4.79 Å². The summed E-state index contributed by atoms with van der Waals surface area (Å²) in [5.74, 6) is -1.33. The third-order valence-corrected chi connectivity index (χ3v) is 7.53. The van der Waals surface area contributed by atoms with E-state index in [1.54, 1.807) is 45.0 Å². The molecule has 2 N–H and O–H groups in total. The first-order valence-corrected chi connectivity index (χ1v) is 13.5. The second-order valence-electron chi connectivity index (χ2n) is 11.4. The number of imide groups is 1. The van der Waals surface area contributed by atoms with Crippen molar-refractivity contribution in [3.05, 3.63) is 53.3 Å². The number of ether oxygens (including phenoxy) is 1. The van der Waals surface area contributed by atoms with E-state index >= 15 is 0 Å². The first kappa shape index (κ1) is 28.7. The number of nitriles is 1. The number of benzene rings is 2. The summed E-state index contributed by atoms with van der Waals surface area (Å²) < 4.78 is 34.9. The topological polar surface area (TPSA) is 94.5 Å². The molecule has 2 aromatic rings. The summed E-state index contributed by atoms with van der Waals surface area (Å²) >= 11 is 0. The maximum absolute atomic E-state index is 14.9. The number of carbonyl (C=O) groups excluding carboxylic acids is 2. The number of rotatable bonds is 8. The Hall–Kier alpha value is -3.35. The Balaban J connectivity index is 1.46. The van der Waals surface area contributed by atoms with Gasteiger partial charge in [0.05, 0.1) is 29.3 Å². The molecule has 39 heavy (non-hydrogen) atoms. The molecule has 7 nitrogen and oxygen atoms in total. The van der Waals surface area contributed by atoms with Crippen LogP contribution in [0.4, 0.5) is 8.78 Å². The zero-order chi connectivity index (χ0) is 28.2. The number of halogens is 2. The molecule has 0 aromatic heterocycles. The lowest BCUT2D eigenvalue weighted by molar-refractivity contribution is -0.125. The average Bonchev–Trinajstić information content (AvgIpc) is 3.34. The third-order valence-electron chi connectivity index (χ3n) is 7.53. The lowest BCUT2D eigenvalue weighted by atomic mass is 9.94. The Kier molecular flexibility index (Phi) is 8.67. The van der Waals surface area contributed by atoms with Gasteiger partial charge in [-0.15, -0.1) is 0 Å². The van der Waals surface area contributed by atoms with Crippen LogP contribution < -0.4 is 15.4 Å². The Morgan fingerprint density at radius 3 is 2.62 bits per heavy atom. The lowest BCUT2D eigenvalue weighted by Crippen LogP contribution is -2.52. The van der Waals surface area contributed by atoms with Crippen molar-refractivity contribution in [2.24, 2.45) is 5.92 Å². The summed E-state index contributed by atoms with van der Waals surface area (Å²) in [6.45, 7) is 8.07. The predicted octanol–water partition coefficient (Wildman–Crippen LogP) is 4.60. The quantitative estimate of drug-likeness (QED) is 0.477. The van der Waals surface area contributed by atoms with Gasteiger partial charge in [-0.1, -0.05) is 12.1 Å². The Morgan fingerprint density at radius 2 is 1.97 bits per heavy atom. The van der Waals surface area contributed by atoms with Gasteiger partial charge in [-0.2, -0.15) is 5.26 Å². The molecule has 2 aromatic carbocycles. The van der Waals surface area contributed by atoms with E-state index in [4.69, 9.17) is 4.74 Å². The van der Waals surface area contributed by atoms with Gasteiger partial charge in [-0.3, -0.25) is 14.9 Å². The number of likely N-dealkylation sites (tertiary alicyclic amines) is 1. The number of amides is 2. The van der Waals surface area contributed by atoms with E-state index in [1.165, 1.54) is 6.07 Å². The molecule has 2 saturated heterocycles.